The van der Waals surface area contributed by atoms with Crippen LogP contribution in [0, 0.1) is 13.8 Å². The normalized spacial score (nSPS) is 14.6. The molecule has 0 radical (unpaired) electrons. The van der Waals surface area contributed by atoms with Crippen LogP contribution in [0.1, 0.15) is 33.8 Å². The number of pyridine rings is 1. The molecule has 3 heterocycles. The summed E-state index contributed by atoms with van der Waals surface area (Å²) >= 11 is 0. The van der Waals surface area contributed by atoms with Crippen molar-refractivity contribution in [2.45, 2.75) is 39.5 Å². The van der Waals surface area contributed by atoms with Crippen molar-refractivity contribution in [3.8, 4) is 11.3 Å². The van der Waals surface area contributed by atoms with Gasteiger partial charge in [-0.25, -0.2) is 4.98 Å². The third-order valence-electron chi connectivity index (χ3n) is 5.53. The molecule has 0 amide bonds. The van der Waals surface area contributed by atoms with Crippen LogP contribution in [0.4, 0.5) is 13.2 Å². The lowest BCUT2D eigenvalue weighted by Gasteiger charge is -2.27. The number of nitrogens with zero attached hydrogens (tertiary/aromatic N) is 3. The van der Waals surface area contributed by atoms with Crippen molar-refractivity contribution < 1.29 is 13.2 Å². The third kappa shape index (κ3) is 4.00. The molecule has 156 valence electrons. The molecule has 3 aromatic rings. The summed E-state index contributed by atoms with van der Waals surface area (Å²) < 4.78 is 38.6. The fraction of sp³-hybridized carbons (Fsp3) is 0.318. The summed E-state index contributed by atoms with van der Waals surface area (Å²) in [4.78, 5) is 24.2. The third-order valence-corrected chi connectivity index (χ3v) is 5.53. The lowest BCUT2D eigenvalue weighted by atomic mass is 10.0. The van der Waals surface area contributed by atoms with Crippen molar-refractivity contribution in [1.29, 1.82) is 0 Å². The molecule has 0 fully saturated rings. The van der Waals surface area contributed by atoms with Gasteiger partial charge in [0.25, 0.3) is 5.56 Å². The van der Waals surface area contributed by atoms with Crippen molar-refractivity contribution in [3.05, 3.63) is 80.7 Å². The van der Waals surface area contributed by atoms with Crippen LogP contribution >= 0.6 is 0 Å². The van der Waals surface area contributed by atoms with Crippen molar-refractivity contribution in [1.82, 2.24) is 19.9 Å². The predicted octanol–water partition coefficient (Wildman–Crippen LogP) is 4.03. The Morgan fingerprint density at radius 3 is 2.67 bits per heavy atom. The number of hydrogen-bond acceptors (Lipinski definition) is 4. The summed E-state index contributed by atoms with van der Waals surface area (Å²) in [7, 11) is 0. The van der Waals surface area contributed by atoms with Gasteiger partial charge < -0.3 is 4.98 Å². The number of benzene rings is 1. The molecule has 1 aliphatic rings. The Hall–Kier alpha value is -3.00. The Morgan fingerprint density at radius 1 is 1.17 bits per heavy atom. The lowest BCUT2D eigenvalue weighted by molar-refractivity contribution is -0.145. The average molecular weight is 414 g/mol. The second-order valence-corrected chi connectivity index (χ2v) is 7.60. The number of aromatic amines is 1. The van der Waals surface area contributed by atoms with Gasteiger partial charge in [0.2, 0.25) is 5.82 Å². The first-order chi connectivity index (χ1) is 14.2. The van der Waals surface area contributed by atoms with E-state index in [0.717, 1.165) is 16.8 Å². The molecule has 4 rings (SSSR count). The maximum Gasteiger partial charge on any atom is 0.449 e. The summed E-state index contributed by atoms with van der Waals surface area (Å²) in [5, 5.41) is 0. The Labute approximate surface area is 171 Å². The fourth-order valence-electron chi connectivity index (χ4n) is 3.71. The van der Waals surface area contributed by atoms with E-state index in [0.29, 0.717) is 25.1 Å². The minimum Gasteiger partial charge on any atom is -0.303 e. The van der Waals surface area contributed by atoms with Gasteiger partial charge in [0.1, 0.15) is 0 Å². The highest BCUT2D eigenvalue weighted by molar-refractivity contribution is 5.64. The Kier molecular flexibility index (Phi) is 5.19. The van der Waals surface area contributed by atoms with Gasteiger partial charge in [-0.3, -0.25) is 14.7 Å². The van der Waals surface area contributed by atoms with Crippen molar-refractivity contribution >= 4 is 0 Å². The van der Waals surface area contributed by atoms with Gasteiger partial charge in [0, 0.05) is 37.8 Å². The van der Waals surface area contributed by atoms with Gasteiger partial charge in [-0.1, -0.05) is 24.3 Å². The number of fused-ring (bicyclic) bond motifs is 1. The van der Waals surface area contributed by atoms with Crippen LogP contribution in [-0.2, 0) is 25.7 Å². The Morgan fingerprint density at radius 2 is 1.97 bits per heavy atom. The van der Waals surface area contributed by atoms with Crippen LogP contribution in [-0.4, -0.2) is 26.4 Å². The molecule has 0 saturated heterocycles. The minimum absolute atomic E-state index is 0.228. The second-order valence-electron chi connectivity index (χ2n) is 7.60. The number of alkyl halides is 3. The maximum absolute atomic E-state index is 12.9. The van der Waals surface area contributed by atoms with E-state index in [1.807, 2.05) is 40.3 Å². The monoisotopic (exact) mass is 414 g/mol. The van der Waals surface area contributed by atoms with Gasteiger partial charge in [0.05, 0.1) is 17.0 Å². The van der Waals surface area contributed by atoms with E-state index in [1.54, 1.807) is 0 Å². The van der Waals surface area contributed by atoms with E-state index in [4.69, 9.17) is 0 Å². The molecule has 5 nitrogen and oxygen atoms in total. The molecular formula is C22H21F3N4O. The number of aryl methyl sites for hydroxylation is 1. The number of hydrogen-bond donors (Lipinski definition) is 1. The maximum atomic E-state index is 12.9. The topological polar surface area (TPSA) is 61.9 Å². The molecule has 0 unspecified atom stereocenters. The van der Waals surface area contributed by atoms with Crippen molar-refractivity contribution in [2.75, 3.05) is 6.54 Å². The summed E-state index contributed by atoms with van der Waals surface area (Å²) in [6.07, 6.45) is -2.55. The lowest BCUT2D eigenvalue weighted by Crippen LogP contribution is -2.36. The standard InChI is InChI=1S/C22H21F3N4O/c1-13-4-3-5-16(14(13)2)18-7-6-15(10-26-18)11-29-9-8-19-17(12-29)20(30)28-21(27-19)22(23,24)25/h3-7,10H,8-9,11-12H2,1-2H3,(H,27,28,30). The first-order valence-corrected chi connectivity index (χ1v) is 9.65. The van der Waals surface area contributed by atoms with Crippen molar-refractivity contribution in [3.63, 3.8) is 0 Å². The summed E-state index contributed by atoms with van der Waals surface area (Å²) in [5.41, 5.74) is 5.16. The van der Waals surface area contributed by atoms with Crippen LogP contribution in [0.2, 0.25) is 0 Å². The van der Waals surface area contributed by atoms with E-state index >= 15 is 0 Å². The Bertz CT molecular complexity index is 1140. The number of aromatic nitrogens is 3. The molecule has 0 atom stereocenters. The van der Waals surface area contributed by atoms with E-state index in [1.165, 1.54) is 11.1 Å². The van der Waals surface area contributed by atoms with Crippen molar-refractivity contribution in [2.24, 2.45) is 0 Å². The summed E-state index contributed by atoms with van der Waals surface area (Å²) in [5.74, 6) is -1.23. The molecule has 1 aliphatic heterocycles. The van der Waals surface area contributed by atoms with Crippen LogP contribution in [0.15, 0.2) is 41.3 Å². The highest BCUT2D eigenvalue weighted by Crippen LogP contribution is 2.27. The zero-order valence-corrected chi connectivity index (χ0v) is 16.7. The first kappa shape index (κ1) is 20.3. The van der Waals surface area contributed by atoms with E-state index < -0.39 is 17.6 Å². The molecule has 0 bridgehead atoms. The predicted molar refractivity (Wildman–Crippen MR) is 107 cm³/mol. The first-order valence-electron chi connectivity index (χ1n) is 9.65. The number of H-pyrrole nitrogens is 1. The van der Waals surface area contributed by atoms with Crippen LogP contribution in [0.5, 0.6) is 0 Å². The Balaban J connectivity index is 1.50. The largest absolute Gasteiger partial charge is 0.449 e. The van der Waals surface area contributed by atoms with Crippen LogP contribution in [0.25, 0.3) is 11.3 Å². The number of rotatable bonds is 3. The minimum atomic E-state index is -4.66. The zero-order chi connectivity index (χ0) is 21.5. The molecule has 0 saturated carbocycles. The van der Waals surface area contributed by atoms with Gasteiger partial charge in [0.15, 0.2) is 0 Å². The molecule has 1 aromatic carbocycles. The molecule has 2 aromatic heterocycles. The van der Waals surface area contributed by atoms with Gasteiger partial charge >= 0.3 is 6.18 Å². The zero-order valence-electron chi connectivity index (χ0n) is 16.7. The smallest absolute Gasteiger partial charge is 0.303 e. The fourth-order valence-corrected chi connectivity index (χ4v) is 3.71. The quantitative estimate of drug-likeness (QED) is 0.703. The SMILES string of the molecule is Cc1cccc(-c2ccc(CN3CCc4nc(C(F)(F)F)[nH]c(=O)c4C3)cn2)c1C. The second kappa shape index (κ2) is 7.68. The molecule has 0 aliphatic carbocycles. The van der Waals surface area contributed by atoms with E-state index in [-0.39, 0.29) is 12.2 Å². The highest BCUT2D eigenvalue weighted by Gasteiger charge is 2.35. The molecule has 30 heavy (non-hydrogen) atoms. The molecular weight excluding hydrogens is 393 g/mol. The average Bonchev–Trinajstić information content (AvgIpc) is 2.70. The molecule has 8 heteroatoms. The summed E-state index contributed by atoms with van der Waals surface area (Å²) in [6, 6.07) is 10.1. The van der Waals surface area contributed by atoms with Gasteiger partial charge in [-0.2, -0.15) is 13.2 Å². The summed E-state index contributed by atoms with van der Waals surface area (Å²) in [6.45, 7) is 5.48. The molecule has 1 N–H and O–H groups in total. The van der Waals surface area contributed by atoms with Gasteiger partial charge in [-0.15, -0.1) is 0 Å². The van der Waals surface area contributed by atoms with Crippen LogP contribution in [0.3, 0.4) is 0 Å². The highest BCUT2D eigenvalue weighted by atomic mass is 19.4. The number of nitrogens with one attached hydrogen (secondary N) is 1. The van der Waals surface area contributed by atoms with Crippen LogP contribution < -0.4 is 5.56 Å². The van der Waals surface area contributed by atoms with E-state index in [2.05, 4.69) is 29.9 Å². The molecule has 0 spiro atoms. The number of halogens is 3. The van der Waals surface area contributed by atoms with Gasteiger partial charge in [-0.05, 0) is 36.6 Å². The van der Waals surface area contributed by atoms with E-state index in [9.17, 15) is 18.0 Å².